The molecule has 0 bridgehead atoms. The number of hydrogen-bond acceptors (Lipinski definition) is 2. The van der Waals surface area contributed by atoms with Crippen LogP contribution in [0.4, 0.5) is 0 Å². The Bertz CT molecular complexity index is 585. The molecule has 1 aliphatic carbocycles. The lowest BCUT2D eigenvalue weighted by Crippen LogP contribution is -2.06. The molecule has 0 aromatic carbocycles. The van der Waals surface area contributed by atoms with E-state index < -0.39 is 0 Å². The highest BCUT2D eigenvalue weighted by molar-refractivity contribution is 6.17. The molecule has 2 aromatic heterocycles. The molecule has 0 aliphatic heterocycles. The van der Waals surface area contributed by atoms with Crippen molar-refractivity contribution < 1.29 is 0 Å². The SMILES string of the molecule is Cc1cc(C)c(CCl)c(-n2ccc(C3CC3)n2)n1. The Morgan fingerprint density at radius 2 is 2.17 bits per heavy atom. The first-order chi connectivity index (χ1) is 8.69. The maximum absolute atomic E-state index is 6.04. The normalized spacial score (nSPS) is 15.1. The number of pyridine rings is 1. The van der Waals surface area contributed by atoms with Gasteiger partial charge in [-0.3, -0.25) is 0 Å². The zero-order chi connectivity index (χ0) is 12.7. The molecule has 0 amide bonds. The van der Waals surface area contributed by atoms with E-state index in [1.165, 1.54) is 24.1 Å². The third-order valence-corrected chi connectivity index (χ3v) is 3.68. The fraction of sp³-hybridized carbons (Fsp3) is 0.429. The molecule has 18 heavy (non-hydrogen) atoms. The van der Waals surface area contributed by atoms with Crippen molar-refractivity contribution >= 4 is 11.6 Å². The van der Waals surface area contributed by atoms with Gasteiger partial charge in [-0.25, -0.2) is 9.67 Å². The van der Waals surface area contributed by atoms with Gasteiger partial charge in [0.2, 0.25) is 0 Å². The van der Waals surface area contributed by atoms with Crippen LogP contribution in [0.2, 0.25) is 0 Å². The molecule has 0 saturated heterocycles. The number of rotatable bonds is 3. The van der Waals surface area contributed by atoms with Crippen LogP contribution < -0.4 is 0 Å². The van der Waals surface area contributed by atoms with Gasteiger partial charge in [0, 0.05) is 23.4 Å². The number of aromatic nitrogens is 3. The lowest BCUT2D eigenvalue weighted by Gasteiger charge is -2.10. The average Bonchev–Trinajstić information content (AvgIpc) is 3.06. The maximum atomic E-state index is 6.04. The Hall–Kier alpha value is -1.35. The summed E-state index contributed by atoms with van der Waals surface area (Å²) in [6.45, 7) is 4.07. The van der Waals surface area contributed by atoms with Gasteiger partial charge >= 0.3 is 0 Å². The van der Waals surface area contributed by atoms with Crippen molar-refractivity contribution in [2.45, 2.75) is 38.5 Å². The summed E-state index contributed by atoms with van der Waals surface area (Å²) < 4.78 is 1.87. The Balaban J connectivity index is 2.08. The summed E-state index contributed by atoms with van der Waals surface area (Å²) >= 11 is 6.04. The van der Waals surface area contributed by atoms with Gasteiger partial charge in [-0.2, -0.15) is 5.10 Å². The topological polar surface area (TPSA) is 30.7 Å². The highest BCUT2D eigenvalue weighted by atomic mass is 35.5. The molecule has 4 heteroatoms. The van der Waals surface area contributed by atoms with Crippen LogP contribution in [0, 0.1) is 13.8 Å². The molecule has 1 aliphatic rings. The molecule has 1 fully saturated rings. The summed E-state index contributed by atoms with van der Waals surface area (Å²) in [7, 11) is 0. The van der Waals surface area contributed by atoms with E-state index in [1.807, 2.05) is 17.8 Å². The summed E-state index contributed by atoms with van der Waals surface area (Å²) in [4.78, 5) is 4.58. The summed E-state index contributed by atoms with van der Waals surface area (Å²) in [5.41, 5.74) is 4.42. The first-order valence-electron chi connectivity index (χ1n) is 6.28. The van der Waals surface area contributed by atoms with Crippen LogP contribution in [0.5, 0.6) is 0 Å². The van der Waals surface area contributed by atoms with E-state index in [9.17, 15) is 0 Å². The van der Waals surface area contributed by atoms with Gasteiger partial charge in [-0.15, -0.1) is 11.6 Å². The minimum Gasteiger partial charge on any atom is -0.234 e. The van der Waals surface area contributed by atoms with Gasteiger partial charge in [-0.05, 0) is 44.4 Å². The third kappa shape index (κ3) is 2.03. The van der Waals surface area contributed by atoms with E-state index in [0.29, 0.717) is 11.8 Å². The van der Waals surface area contributed by atoms with Crippen LogP contribution in [-0.4, -0.2) is 14.8 Å². The molecule has 0 N–H and O–H groups in total. The summed E-state index contributed by atoms with van der Waals surface area (Å²) in [6, 6.07) is 4.15. The molecule has 0 unspecified atom stereocenters. The van der Waals surface area contributed by atoms with Crippen LogP contribution in [0.25, 0.3) is 5.82 Å². The lowest BCUT2D eigenvalue weighted by molar-refractivity contribution is 0.798. The van der Waals surface area contributed by atoms with Crippen LogP contribution in [-0.2, 0) is 5.88 Å². The second-order valence-corrected chi connectivity index (χ2v) is 5.24. The number of alkyl halides is 1. The van der Waals surface area contributed by atoms with Gasteiger partial charge in [0.1, 0.15) is 0 Å². The second kappa shape index (κ2) is 4.39. The fourth-order valence-electron chi connectivity index (χ4n) is 2.25. The van der Waals surface area contributed by atoms with Crippen molar-refractivity contribution in [1.29, 1.82) is 0 Å². The summed E-state index contributed by atoms with van der Waals surface area (Å²) in [5.74, 6) is 2.00. The zero-order valence-electron chi connectivity index (χ0n) is 10.7. The zero-order valence-corrected chi connectivity index (χ0v) is 11.4. The number of halogens is 1. The van der Waals surface area contributed by atoms with E-state index >= 15 is 0 Å². The minimum atomic E-state index is 0.465. The third-order valence-electron chi connectivity index (χ3n) is 3.41. The van der Waals surface area contributed by atoms with Gasteiger partial charge in [0.25, 0.3) is 0 Å². The molecule has 0 radical (unpaired) electrons. The fourth-order valence-corrected chi connectivity index (χ4v) is 2.58. The van der Waals surface area contributed by atoms with Gasteiger partial charge in [0.05, 0.1) is 11.6 Å². The largest absolute Gasteiger partial charge is 0.234 e. The van der Waals surface area contributed by atoms with E-state index in [2.05, 4.69) is 29.1 Å². The lowest BCUT2D eigenvalue weighted by atomic mass is 10.1. The van der Waals surface area contributed by atoms with E-state index in [0.717, 1.165) is 17.1 Å². The standard InChI is InChI=1S/C14H16ClN3/c1-9-7-10(2)16-14(12(9)8-15)18-6-5-13(17-18)11-3-4-11/h5-7,11H,3-4,8H2,1-2H3. The predicted molar refractivity (Wildman–Crippen MR) is 72.4 cm³/mol. The minimum absolute atomic E-state index is 0.465. The van der Waals surface area contributed by atoms with Crippen LogP contribution >= 0.6 is 11.6 Å². The molecule has 2 aromatic rings. The Kier molecular flexibility index (Phi) is 2.86. The predicted octanol–water partition coefficient (Wildman–Crippen LogP) is 3.50. The molecule has 3 rings (SSSR count). The molecule has 0 atom stereocenters. The molecule has 94 valence electrons. The Labute approximate surface area is 112 Å². The van der Waals surface area contributed by atoms with Gasteiger partial charge < -0.3 is 0 Å². The van der Waals surface area contributed by atoms with Gasteiger partial charge in [0.15, 0.2) is 5.82 Å². The highest BCUT2D eigenvalue weighted by Gasteiger charge is 2.26. The highest BCUT2D eigenvalue weighted by Crippen LogP contribution is 2.39. The molecule has 1 saturated carbocycles. The smallest absolute Gasteiger partial charge is 0.158 e. The van der Waals surface area contributed by atoms with Crippen LogP contribution in [0.1, 0.15) is 41.3 Å². The Morgan fingerprint density at radius 1 is 1.39 bits per heavy atom. The molecule has 0 spiro atoms. The molecule has 2 heterocycles. The van der Waals surface area contributed by atoms with Crippen molar-refractivity contribution in [3.8, 4) is 5.82 Å². The van der Waals surface area contributed by atoms with Crippen molar-refractivity contribution in [3.05, 3.63) is 40.8 Å². The van der Waals surface area contributed by atoms with Crippen LogP contribution in [0.15, 0.2) is 18.3 Å². The van der Waals surface area contributed by atoms with Crippen molar-refractivity contribution in [3.63, 3.8) is 0 Å². The van der Waals surface area contributed by atoms with Gasteiger partial charge in [-0.1, -0.05) is 0 Å². The van der Waals surface area contributed by atoms with Crippen molar-refractivity contribution in [2.24, 2.45) is 0 Å². The second-order valence-electron chi connectivity index (χ2n) is 4.98. The number of aryl methyl sites for hydroxylation is 2. The van der Waals surface area contributed by atoms with E-state index in [-0.39, 0.29) is 0 Å². The Morgan fingerprint density at radius 3 is 2.83 bits per heavy atom. The van der Waals surface area contributed by atoms with E-state index in [4.69, 9.17) is 11.6 Å². The summed E-state index contributed by atoms with van der Waals surface area (Å²) in [6.07, 6.45) is 4.52. The first-order valence-corrected chi connectivity index (χ1v) is 6.81. The van der Waals surface area contributed by atoms with Crippen molar-refractivity contribution in [1.82, 2.24) is 14.8 Å². The maximum Gasteiger partial charge on any atom is 0.158 e. The molecule has 3 nitrogen and oxygen atoms in total. The van der Waals surface area contributed by atoms with Crippen LogP contribution in [0.3, 0.4) is 0 Å². The first kappa shape index (κ1) is 11.7. The van der Waals surface area contributed by atoms with E-state index in [1.54, 1.807) is 0 Å². The monoisotopic (exact) mass is 261 g/mol. The van der Waals surface area contributed by atoms with Crippen molar-refractivity contribution in [2.75, 3.05) is 0 Å². The average molecular weight is 262 g/mol. The number of nitrogens with zero attached hydrogens (tertiary/aromatic N) is 3. The molecular weight excluding hydrogens is 246 g/mol. The number of hydrogen-bond donors (Lipinski definition) is 0. The summed E-state index contributed by atoms with van der Waals surface area (Å²) in [5, 5.41) is 4.63. The quantitative estimate of drug-likeness (QED) is 0.792. The molecular formula is C14H16ClN3.